The number of carbonyl (C=O) groups is 1. The van der Waals surface area contributed by atoms with E-state index in [0.717, 1.165) is 53.9 Å². The maximum absolute atomic E-state index is 13.4. The van der Waals surface area contributed by atoms with Gasteiger partial charge in [-0.1, -0.05) is 24.6 Å². The van der Waals surface area contributed by atoms with Gasteiger partial charge in [0.2, 0.25) is 0 Å². The molecule has 0 saturated heterocycles. The molecule has 0 amide bonds. The molecule has 2 aliphatic carbocycles. The van der Waals surface area contributed by atoms with E-state index in [1.54, 1.807) is 12.1 Å². The number of benzene rings is 2. The average Bonchev–Trinajstić information content (AvgIpc) is 3.16. The van der Waals surface area contributed by atoms with Gasteiger partial charge < -0.3 is 10.4 Å². The van der Waals surface area contributed by atoms with Crippen LogP contribution in [0.25, 0.3) is 0 Å². The summed E-state index contributed by atoms with van der Waals surface area (Å²) in [6.45, 7) is 3.86. The first-order valence-corrected chi connectivity index (χ1v) is 11.1. The molecule has 0 radical (unpaired) electrons. The molecule has 1 saturated carbocycles. The van der Waals surface area contributed by atoms with E-state index in [0.29, 0.717) is 24.4 Å². The van der Waals surface area contributed by atoms with Crippen molar-refractivity contribution in [1.82, 2.24) is 0 Å². The molecule has 0 atom stereocenters. The number of aliphatic carboxylic acids is 1. The van der Waals surface area contributed by atoms with Crippen LogP contribution < -0.4 is 5.32 Å². The lowest BCUT2D eigenvalue weighted by atomic mass is 9.64. The van der Waals surface area contributed by atoms with Crippen LogP contribution in [0.5, 0.6) is 0 Å². The number of rotatable bonds is 6. The third kappa shape index (κ3) is 4.49. The van der Waals surface area contributed by atoms with Crippen molar-refractivity contribution in [2.45, 2.75) is 57.8 Å². The summed E-state index contributed by atoms with van der Waals surface area (Å²) in [7, 11) is 0. The number of nitrogens with zero attached hydrogens (tertiary/aromatic N) is 2. The second-order valence-electron chi connectivity index (χ2n) is 8.60. The number of halogens is 1. The quantitative estimate of drug-likeness (QED) is 0.409. The Hall–Kier alpha value is -3.28. The smallest absolute Gasteiger partial charge is 0.314 e. The molecule has 0 unspecified atom stereocenters. The van der Waals surface area contributed by atoms with Crippen molar-refractivity contribution >= 4 is 28.9 Å². The van der Waals surface area contributed by atoms with Crippen molar-refractivity contribution in [3.05, 3.63) is 71.2 Å². The molecule has 0 bridgehead atoms. The third-order valence-corrected chi connectivity index (χ3v) is 6.41. The zero-order valence-corrected chi connectivity index (χ0v) is 18.5. The van der Waals surface area contributed by atoms with E-state index in [1.807, 2.05) is 38.1 Å². The fraction of sp³-hybridized carbons (Fsp3) is 0.346. The number of amidine groups is 1. The number of carboxylic acids is 1. The van der Waals surface area contributed by atoms with E-state index < -0.39 is 11.4 Å². The number of allylic oxidation sites excluding steroid dienone is 2. The maximum Gasteiger partial charge on any atom is 0.314 e. The van der Waals surface area contributed by atoms with Gasteiger partial charge in [0.1, 0.15) is 11.7 Å². The lowest BCUT2D eigenvalue weighted by Crippen LogP contribution is -2.42. The highest BCUT2D eigenvalue weighted by Crippen LogP contribution is 2.44. The Kier molecular flexibility index (Phi) is 6.21. The normalized spacial score (nSPS) is 18.5. The van der Waals surface area contributed by atoms with Gasteiger partial charge in [0.25, 0.3) is 0 Å². The Morgan fingerprint density at radius 2 is 1.78 bits per heavy atom. The third-order valence-electron chi connectivity index (χ3n) is 6.41. The number of carboxylic acid groups (broad SMARTS) is 1. The van der Waals surface area contributed by atoms with Crippen molar-refractivity contribution in [2.75, 3.05) is 5.32 Å². The van der Waals surface area contributed by atoms with E-state index >= 15 is 0 Å². The van der Waals surface area contributed by atoms with Gasteiger partial charge in [0.05, 0.1) is 11.1 Å². The van der Waals surface area contributed by atoms with Crippen LogP contribution in [0.2, 0.25) is 0 Å². The fourth-order valence-corrected chi connectivity index (χ4v) is 4.52. The Morgan fingerprint density at radius 1 is 1.03 bits per heavy atom. The van der Waals surface area contributed by atoms with Crippen molar-refractivity contribution < 1.29 is 14.3 Å². The van der Waals surface area contributed by atoms with Crippen molar-refractivity contribution in [3.8, 4) is 0 Å². The highest BCUT2D eigenvalue weighted by molar-refractivity contribution is 6.02. The van der Waals surface area contributed by atoms with Crippen LogP contribution >= 0.6 is 0 Å². The molecule has 0 spiro atoms. The lowest BCUT2D eigenvalue weighted by Gasteiger charge is -2.38. The van der Waals surface area contributed by atoms with Gasteiger partial charge in [-0.05, 0) is 87.4 Å². The summed E-state index contributed by atoms with van der Waals surface area (Å²) in [6, 6.07) is 13.9. The molecule has 1 fully saturated rings. The topological polar surface area (TPSA) is 74.0 Å². The minimum atomic E-state index is -0.739. The lowest BCUT2D eigenvalue weighted by molar-refractivity contribution is -0.147. The first-order chi connectivity index (χ1) is 15.4. The van der Waals surface area contributed by atoms with Crippen LogP contribution in [0.4, 0.5) is 15.8 Å². The summed E-state index contributed by atoms with van der Waals surface area (Å²) in [5, 5.41) is 12.8. The second-order valence-corrected chi connectivity index (χ2v) is 8.60. The van der Waals surface area contributed by atoms with E-state index in [4.69, 9.17) is 9.98 Å². The van der Waals surface area contributed by atoms with E-state index in [1.165, 1.54) is 12.1 Å². The van der Waals surface area contributed by atoms with Crippen LogP contribution in [0.15, 0.2) is 69.8 Å². The molecule has 5 nitrogen and oxygen atoms in total. The molecule has 2 N–H and O–H groups in total. The molecule has 2 aliphatic rings. The molecule has 32 heavy (non-hydrogen) atoms. The summed E-state index contributed by atoms with van der Waals surface area (Å²) < 4.78 is 13.4. The zero-order chi connectivity index (χ0) is 22.7. The van der Waals surface area contributed by atoms with Gasteiger partial charge in [-0.2, -0.15) is 0 Å². The predicted octanol–water partition coefficient (Wildman–Crippen LogP) is 6.39. The molecule has 166 valence electrons. The van der Waals surface area contributed by atoms with Crippen LogP contribution in [-0.2, 0) is 10.2 Å². The first kappa shape index (κ1) is 21.9. The molecule has 0 aliphatic heterocycles. The Labute approximate surface area is 187 Å². The molecule has 2 aromatic carbocycles. The van der Waals surface area contributed by atoms with Gasteiger partial charge in [0, 0.05) is 17.1 Å². The monoisotopic (exact) mass is 433 g/mol. The Morgan fingerprint density at radius 3 is 2.41 bits per heavy atom. The van der Waals surface area contributed by atoms with Crippen molar-refractivity contribution in [3.63, 3.8) is 0 Å². The number of hydrogen-bond donors (Lipinski definition) is 2. The van der Waals surface area contributed by atoms with Gasteiger partial charge in [-0.25, -0.2) is 9.38 Å². The molecule has 4 rings (SSSR count). The fourth-order valence-electron chi connectivity index (χ4n) is 4.52. The van der Waals surface area contributed by atoms with Crippen molar-refractivity contribution in [2.24, 2.45) is 9.98 Å². The minimum Gasteiger partial charge on any atom is -0.481 e. The summed E-state index contributed by atoms with van der Waals surface area (Å²) in [5.41, 5.74) is 4.67. The van der Waals surface area contributed by atoms with Gasteiger partial charge >= 0.3 is 5.97 Å². The molecule has 6 heteroatoms. The van der Waals surface area contributed by atoms with E-state index in [9.17, 15) is 14.3 Å². The van der Waals surface area contributed by atoms with Gasteiger partial charge in [-0.15, -0.1) is 0 Å². The zero-order valence-electron chi connectivity index (χ0n) is 18.5. The van der Waals surface area contributed by atoms with E-state index in [-0.39, 0.29) is 5.82 Å². The number of anilines is 1. The standard InChI is InChI=1S/C26H28FN3O2/c1-17(28-21-12-10-19(11-13-21)26(25(31)32)14-5-15-26)23-8-4-9-24(23)30-18(2)29-22-7-3-6-20(27)16-22/h3,6-7,10-13,16H,4-5,8-9,14-15H2,1-2H3,(H,29,30)(H,31,32). The molecule has 2 aromatic rings. The van der Waals surface area contributed by atoms with Crippen LogP contribution in [-0.4, -0.2) is 22.6 Å². The summed E-state index contributed by atoms with van der Waals surface area (Å²) in [4.78, 5) is 21.3. The number of aliphatic imine (C=N–C) groups is 2. The summed E-state index contributed by atoms with van der Waals surface area (Å²) in [5.74, 6) is -0.317. The first-order valence-electron chi connectivity index (χ1n) is 11.1. The average molecular weight is 434 g/mol. The molecular formula is C26H28FN3O2. The Balaban J connectivity index is 1.52. The molecule has 0 heterocycles. The van der Waals surface area contributed by atoms with Gasteiger partial charge in [0.15, 0.2) is 0 Å². The Bertz CT molecular complexity index is 1110. The molecular weight excluding hydrogens is 405 g/mol. The number of hydrogen-bond acceptors (Lipinski definition) is 3. The largest absolute Gasteiger partial charge is 0.481 e. The minimum absolute atomic E-state index is 0.288. The van der Waals surface area contributed by atoms with Crippen LogP contribution in [0, 0.1) is 5.82 Å². The highest BCUT2D eigenvalue weighted by Gasteiger charge is 2.45. The predicted molar refractivity (Wildman–Crippen MR) is 126 cm³/mol. The van der Waals surface area contributed by atoms with E-state index in [2.05, 4.69) is 5.32 Å². The van der Waals surface area contributed by atoms with Crippen molar-refractivity contribution in [1.29, 1.82) is 0 Å². The molecule has 0 aromatic heterocycles. The number of nitrogens with one attached hydrogen (secondary N) is 1. The summed E-state index contributed by atoms with van der Waals surface area (Å²) in [6.07, 6.45) is 5.17. The summed E-state index contributed by atoms with van der Waals surface area (Å²) >= 11 is 0. The van der Waals surface area contributed by atoms with Gasteiger partial charge in [-0.3, -0.25) is 9.79 Å². The second kappa shape index (κ2) is 9.07. The van der Waals surface area contributed by atoms with Crippen LogP contribution in [0.1, 0.15) is 57.9 Å². The maximum atomic E-state index is 13.4. The SMILES string of the molecule is CC(=NC1=C(C(C)=Nc2ccc(C3(C(=O)O)CCC3)cc2)CCC1)Nc1cccc(F)c1. The van der Waals surface area contributed by atoms with Crippen LogP contribution in [0.3, 0.4) is 0 Å². The highest BCUT2D eigenvalue weighted by atomic mass is 19.1.